The Balaban J connectivity index is 1.56. The Labute approximate surface area is 172 Å². The first kappa shape index (κ1) is 20.5. The molecule has 8 heteroatoms. The zero-order valence-electron chi connectivity index (χ0n) is 16.1. The number of hydrogen-bond acceptors (Lipinski definition) is 6. The summed E-state index contributed by atoms with van der Waals surface area (Å²) >= 11 is 0. The first-order valence-electron chi connectivity index (χ1n) is 9.13. The molecule has 0 aliphatic heterocycles. The Morgan fingerprint density at radius 2 is 1.47 bits per heavy atom. The fourth-order valence-electron chi connectivity index (χ4n) is 2.45. The van der Waals surface area contributed by atoms with Crippen molar-refractivity contribution in [2.45, 2.75) is 6.92 Å². The molecule has 0 aliphatic rings. The number of nitrogens with zero attached hydrogens (tertiary/aromatic N) is 1. The van der Waals surface area contributed by atoms with E-state index in [2.05, 4.69) is 15.6 Å². The molecule has 0 saturated heterocycles. The summed E-state index contributed by atoms with van der Waals surface area (Å²) in [5.41, 5.74) is 1.83. The molecule has 0 unspecified atom stereocenters. The molecule has 0 atom stereocenters. The van der Waals surface area contributed by atoms with E-state index in [0.717, 1.165) is 0 Å². The molecule has 3 aromatic rings. The van der Waals surface area contributed by atoms with Crippen molar-refractivity contribution in [1.82, 2.24) is 4.98 Å². The van der Waals surface area contributed by atoms with Crippen LogP contribution in [0.3, 0.4) is 0 Å². The van der Waals surface area contributed by atoms with E-state index in [1.807, 2.05) is 0 Å². The van der Waals surface area contributed by atoms with Gasteiger partial charge in [0.1, 0.15) is 11.4 Å². The van der Waals surface area contributed by atoms with Gasteiger partial charge in [-0.1, -0.05) is 6.07 Å². The zero-order chi connectivity index (χ0) is 21.3. The topological polar surface area (TPSA) is 107 Å². The second-order valence-electron chi connectivity index (χ2n) is 6.01. The van der Waals surface area contributed by atoms with Gasteiger partial charge < -0.3 is 20.1 Å². The number of ether oxygens (including phenoxy) is 2. The molecule has 1 aromatic heterocycles. The molecule has 1 heterocycles. The zero-order valence-corrected chi connectivity index (χ0v) is 16.1. The lowest BCUT2D eigenvalue weighted by Gasteiger charge is -2.08. The minimum atomic E-state index is -0.801. The summed E-state index contributed by atoms with van der Waals surface area (Å²) in [7, 11) is 0. The second kappa shape index (κ2) is 9.83. The normalized spacial score (nSPS) is 10.0. The van der Waals surface area contributed by atoms with Crippen molar-refractivity contribution in [3.05, 3.63) is 84.2 Å². The smallest absolute Gasteiger partial charge is 0.434 e. The summed E-state index contributed by atoms with van der Waals surface area (Å²) in [6.07, 6.45) is 0.744. The first-order chi connectivity index (χ1) is 14.5. The molecule has 2 aromatic carbocycles. The molecule has 2 N–H and O–H groups in total. The highest BCUT2D eigenvalue weighted by Gasteiger charge is 2.10. The quantitative estimate of drug-likeness (QED) is 0.472. The maximum atomic E-state index is 12.4. The molecule has 8 nitrogen and oxygen atoms in total. The number of amides is 2. The van der Waals surface area contributed by atoms with Gasteiger partial charge in [-0.2, -0.15) is 0 Å². The monoisotopic (exact) mass is 405 g/mol. The molecule has 152 valence electrons. The largest absolute Gasteiger partial charge is 0.513 e. The SMILES string of the molecule is CCOC(=O)Oc1ccc(C(=O)Nc2ccc(NC(=O)c3ccccn3)cc2)cc1. The van der Waals surface area contributed by atoms with E-state index in [1.54, 1.807) is 55.6 Å². The Bertz CT molecular complexity index is 1020. The predicted molar refractivity (Wildman–Crippen MR) is 111 cm³/mol. The van der Waals surface area contributed by atoms with E-state index in [1.165, 1.54) is 24.3 Å². The molecule has 0 aliphatic carbocycles. The van der Waals surface area contributed by atoms with Crippen LogP contribution >= 0.6 is 0 Å². The Morgan fingerprint density at radius 3 is 2.03 bits per heavy atom. The Hall–Kier alpha value is -4.20. The van der Waals surface area contributed by atoms with Gasteiger partial charge in [0.2, 0.25) is 0 Å². The number of carbonyl (C=O) groups is 3. The van der Waals surface area contributed by atoms with Crippen molar-refractivity contribution in [2.24, 2.45) is 0 Å². The number of hydrogen-bond donors (Lipinski definition) is 2. The summed E-state index contributed by atoms with van der Waals surface area (Å²) in [6, 6.07) is 17.8. The Morgan fingerprint density at radius 1 is 0.833 bits per heavy atom. The van der Waals surface area contributed by atoms with Gasteiger partial charge in [0, 0.05) is 23.1 Å². The molecular formula is C22H19N3O5. The van der Waals surface area contributed by atoms with E-state index in [-0.39, 0.29) is 24.2 Å². The maximum absolute atomic E-state index is 12.4. The van der Waals surface area contributed by atoms with E-state index in [0.29, 0.717) is 22.6 Å². The lowest BCUT2D eigenvalue weighted by atomic mass is 10.2. The highest BCUT2D eigenvalue weighted by atomic mass is 16.7. The van der Waals surface area contributed by atoms with E-state index < -0.39 is 6.16 Å². The van der Waals surface area contributed by atoms with Crippen LogP contribution in [0.4, 0.5) is 16.2 Å². The van der Waals surface area contributed by atoms with Crippen LogP contribution < -0.4 is 15.4 Å². The van der Waals surface area contributed by atoms with Crippen LogP contribution in [0.5, 0.6) is 5.75 Å². The third-order valence-electron chi connectivity index (χ3n) is 3.88. The third-order valence-corrected chi connectivity index (χ3v) is 3.88. The highest BCUT2D eigenvalue weighted by Crippen LogP contribution is 2.17. The van der Waals surface area contributed by atoms with Gasteiger partial charge in [0.25, 0.3) is 11.8 Å². The van der Waals surface area contributed by atoms with Crippen LogP contribution in [0, 0.1) is 0 Å². The lowest BCUT2D eigenvalue weighted by molar-refractivity contribution is 0.101. The first-order valence-corrected chi connectivity index (χ1v) is 9.13. The van der Waals surface area contributed by atoms with Crippen LogP contribution in [0.15, 0.2) is 72.9 Å². The number of pyridine rings is 1. The molecule has 0 saturated carbocycles. The van der Waals surface area contributed by atoms with Gasteiger partial charge in [-0.15, -0.1) is 0 Å². The van der Waals surface area contributed by atoms with E-state index in [9.17, 15) is 14.4 Å². The van der Waals surface area contributed by atoms with Crippen molar-refractivity contribution >= 4 is 29.3 Å². The van der Waals surface area contributed by atoms with Gasteiger partial charge >= 0.3 is 6.16 Å². The average Bonchev–Trinajstić information content (AvgIpc) is 2.76. The van der Waals surface area contributed by atoms with Gasteiger partial charge in [-0.05, 0) is 67.6 Å². The second-order valence-corrected chi connectivity index (χ2v) is 6.01. The van der Waals surface area contributed by atoms with Crippen LogP contribution in [0.1, 0.15) is 27.8 Å². The molecule has 30 heavy (non-hydrogen) atoms. The number of rotatable bonds is 6. The van der Waals surface area contributed by atoms with Crippen molar-refractivity contribution in [1.29, 1.82) is 0 Å². The summed E-state index contributed by atoms with van der Waals surface area (Å²) in [4.78, 5) is 39.8. The van der Waals surface area contributed by atoms with Crippen LogP contribution in [0.2, 0.25) is 0 Å². The number of aromatic nitrogens is 1. The van der Waals surface area contributed by atoms with Crippen molar-refractivity contribution < 1.29 is 23.9 Å². The van der Waals surface area contributed by atoms with Gasteiger partial charge in [-0.25, -0.2) is 4.79 Å². The third kappa shape index (κ3) is 5.65. The van der Waals surface area contributed by atoms with Gasteiger partial charge in [0.05, 0.1) is 6.61 Å². The molecule has 3 rings (SSSR count). The predicted octanol–water partition coefficient (Wildman–Crippen LogP) is 4.12. The van der Waals surface area contributed by atoms with E-state index >= 15 is 0 Å². The van der Waals surface area contributed by atoms with Crippen LogP contribution in [0.25, 0.3) is 0 Å². The standard InChI is InChI=1S/C22H19N3O5/c1-2-29-22(28)30-18-12-6-15(7-13-18)20(26)24-16-8-10-17(11-9-16)25-21(27)19-5-3-4-14-23-19/h3-14H,2H2,1H3,(H,24,26)(H,25,27). The summed E-state index contributed by atoms with van der Waals surface area (Å²) in [5.74, 6) is -0.376. The Kier molecular flexibility index (Phi) is 6.73. The molecule has 0 spiro atoms. The number of nitrogens with one attached hydrogen (secondary N) is 2. The molecule has 0 radical (unpaired) electrons. The van der Waals surface area contributed by atoms with Crippen LogP contribution in [-0.4, -0.2) is 29.6 Å². The number of carbonyl (C=O) groups excluding carboxylic acids is 3. The summed E-state index contributed by atoms with van der Waals surface area (Å²) in [6.45, 7) is 1.89. The summed E-state index contributed by atoms with van der Waals surface area (Å²) in [5, 5.41) is 5.49. The van der Waals surface area contributed by atoms with Gasteiger partial charge in [0.15, 0.2) is 0 Å². The van der Waals surface area contributed by atoms with Crippen LogP contribution in [-0.2, 0) is 4.74 Å². The molecule has 2 amide bonds. The van der Waals surface area contributed by atoms with Crippen molar-refractivity contribution in [3.8, 4) is 5.75 Å². The lowest BCUT2D eigenvalue weighted by Crippen LogP contribution is -2.14. The minimum absolute atomic E-state index is 0.213. The maximum Gasteiger partial charge on any atom is 0.513 e. The summed E-state index contributed by atoms with van der Waals surface area (Å²) < 4.78 is 9.64. The van der Waals surface area contributed by atoms with E-state index in [4.69, 9.17) is 9.47 Å². The van der Waals surface area contributed by atoms with Gasteiger partial charge in [-0.3, -0.25) is 14.6 Å². The minimum Gasteiger partial charge on any atom is -0.434 e. The molecule has 0 bridgehead atoms. The number of benzene rings is 2. The van der Waals surface area contributed by atoms with Crippen molar-refractivity contribution in [2.75, 3.05) is 17.2 Å². The average molecular weight is 405 g/mol. The highest BCUT2D eigenvalue weighted by molar-refractivity contribution is 6.05. The number of anilines is 2. The fraction of sp³-hybridized carbons (Fsp3) is 0.0909. The van der Waals surface area contributed by atoms with Crippen molar-refractivity contribution in [3.63, 3.8) is 0 Å². The molecule has 0 fully saturated rings. The fourth-order valence-corrected chi connectivity index (χ4v) is 2.45. The molecular weight excluding hydrogens is 386 g/mol.